The highest BCUT2D eigenvalue weighted by molar-refractivity contribution is 7.87. The number of nitrogens with zero attached hydrogens (tertiary/aromatic N) is 1. The van der Waals surface area contributed by atoms with E-state index in [0.29, 0.717) is 0 Å². The number of rotatable bonds is 5. The van der Waals surface area contributed by atoms with Gasteiger partial charge in [0.05, 0.1) is 31.4 Å². The summed E-state index contributed by atoms with van der Waals surface area (Å²) in [6, 6.07) is 11.2. The van der Waals surface area contributed by atoms with Crippen LogP contribution in [0.2, 0.25) is 0 Å². The highest BCUT2D eigenvalue weighted by atomic mass is 32.2. The van der Waals surface area contributed by atoms with E-state index in [1.54, 1.807) is 0 Å². The lowest BCUT2D eigenvalue weighted by atomic mass is 10.2. The van der Waals surface area contributed by atoms with Gasteiger partial charge in [-0.05, 0) is 36.4 Å². The SMILES string of the molecule is COC(=O)c1ccc(OS(=O)(=O)c2cccc(C#N)c2)c(OC)c1. The van der Waals surface area contributed by atoms with E-state index in [4.69, 9.17) is 14.2 Å². The fraction of sp³-hybridized carbons (Fsp3) is 0.125. The Labute approximate surface area is 139 Å². The summed E-state index contributed by atoms with van der Waals surface area (Å²) < 4.78 is 39.4. The van der Waals surface area contributed by atoms with Crippen molar-refractivity contribution in [3.63, 3.8) is 0 Å². The van der Waals surface area contributed by atoms with Crippen LogP contribution in [-0.2, 0) is 14.9 Å². The predicted octanol–water partition coefficient (Wildman–Crippen LogP) is 2.12. The van der Waals surface area contributed by atoms with Gasteiger partial charge in [-0.25, -0.2) is 4.79 Å². The first-order valence-corrected chi connectivity index (χ1v) is 8.03. The smallest absolute Gasteiger partial charge is 0.339 e. The molecule has 24 heavy (non-hydrogen) atoms. The molecular weight excluding hydrogens is 334 g/mol. The largest absolute Gasteiger partial charge is 0.493 e. The highest BCUT2D eigenvalue weighted by Gasteiger charge is 2.20. The normalized spacial score (nSPS) is 10.5. The minimum Gasteiger partial charge on any atom is -0.493 e. The number of carbonyl (C=O) groups excluding carboxylic acids is 1. The Hall–Kier alpha value is -3.05. The quantitative estimate of drug-likeness (QED) is 0.603. The summed E-state index contributed by atoms with van der Waals surface area (Å²) in [5, 5.41) is 8.86. The second-order valence-corrected chi connectivity index (χ2v) is 6.08. The number of hydrogen-bond acceptors (Lipinski definition) is 7. The molecule has 8 heteroatoms. The van der Waals surface area contributed by atoms with Gasteiger partial charge in [0, 0.05) is 0 Å². The molecule has 0 aromatic heterocycles. The highest BCUT2D eigenvalue weighted by Crippen LogP contribution is 2.31. The van der Waals surface area contributed by atoms with Gasteiger partial charge in [0.15, 0.2) is 11.5 Å². The lowest BCUT2D eigenvalue weighted by Gasteiger charge is -2.11. The average molecular weight is 347 g/mol. The van der Waals surface area contributed by atoms with E-state index in [0.717, 1.165) is 0 Å². The van der Waals surface area contributed by atoms with Crippen molar-refractivity contribution in [1.82, 2.24) is 0 Å². The van der Waals surface area contributed by atoms with E-state index < -0.39 is 16.1 Å². The molecular formula is C16H13NO6S. The summed E-state index contributed by atoms with van der Waals surface area (Å²) in [6.07, 6.45) is 0. The Balaban J connectivity index is 2.39. The zero-order valence-electron chi connectivity index (χ0n) is 12.8. The molecule has 0 unspecified atom stereocenters. The number of benzene rings is 2. The molecule has 0 radical (unpaired) electrons. The Morgan fingerprint density at radius 1 is 1.08 bits per heavy atom. The molecule has 2 rings (SSSR count). The lowest BCUT2D eigenvalue weighted by Crippen LogP contribution is -2.11. The first-order valence-electron chi connectivity index (χ1n) is 6.62. The van der Waals surface area contributed by atoms with Crippen LogP contribution in [0.15, 0.2) is 47.4 Å². The van der Waals surface area contributed by atoms with E-state index in [-0.39, 0.29) is 27.5 Å². The molecule has 0 bridgehead atoms. The number of nitriles is 1. The molecule has 0 saturated carbocycles. The van der Waals surface area contributed by atoms with Crippen LogP contribution in [0.1, 0.15) is 15.9 Å². The second-order valence-electron chi connectivity index (χ2n) is 4.53. The molecule has 124 valence electrons. The molecule has 0 spiro atoms. The number of carbonyl (C=O) groups is 1. The maximum atomic E-state index is 12.3. The summed E-state index contributed by atoms with van der Waals surface area (Å²) in [5.74, 6) is -0.630. The molecule has 0 amide bonds. The van der Waals surface area contributed by atoms with Gasteiger partial charge in [-0.15, -0.1) is 0 Å². The minimum absolute atomic E-state index is 0.0536. The van der Waals surface area contributed by atoms with Crippen LogP contribution in [0, 0.1) is 11.3 Å². The van der Waals surface area contributed by atoms with Gasteiger partial charge in [0.2, 0.25) is 0 Å². The lowest BCUT2D eigenvalue weighted by molar-refractivity contribution is 0.0600. The van der Waals surface area contributed by atoms with Crippen LogP contribution < -0.4 is 8.92 Å². The third-order valence-electron chi connectivity index (χ3n) is 3.04. The van der Waals surface area contributed by atoms with Crippen molar-refractivity contribution in [3.8, 4) is 17.6 Å². The standard InChI is InChI=1S/C16H13NO6S/c1-21-15-9-12(16(18)22-2)6-7-14(15)23-24(19,20)13-5-3-4-11(8-13)10-17/h3-9H,1-2H3. The zero-order valence-corrected chi connectivity index (χ0v) is 13.7. The minimum atomic E-state index is -4.16. The van der Waals surface area contributed by atoms with Crippen molar-refractivity contribution in [3.05, 3.63) is 53.6 Å². The zero-order chi connectivity index (χ0) is 17.7. The van der Waals surface area contributed by atoms with Gasteiger partial charge in [-0.1, -0.05) is 6.07 Å². The molecule has 0 fully saturated rings. The van der Waals surface area contributed by atoms with Crippen molar-refractivity contribution in [2.45, 2.75) is 4.90 Å². The topological polar surface area (TPSA) is 103 Å². The Morgan fingerprint density at radius 2 is 1.83 bits per heavy atom. The van der Waals surface area contributed by atoms with Crippen LogP contribution in [0.25, 0.3) is 0 Å². The molecule has 0 heterocycles. The first-order chi connectivity index (χ1) is 11.4. The maximum Gasteiger partial charge on any atom is 0.339 e. The van der Waals surface area contributed by atoms with Crippen LogP contribution >= 0.6 is 0 Å². The summed E-state index contributed by atoms with van der Waals surface area (Å²) in [6.45, 7) is 0. The fourth-order valence-corrected chi connectivity index (χ4v) is 2.86. The Bertz CT molecular complexity index is 914. The van der Waals surface area contributed by atoms with Gasteiger partial charge in [0.25, 0.3) is 0 Å². The molecule has 0 N–H and O–H groups in total. The first kappa shape index (κ1) is 17.3. The van der Waals surface area contributed by atoms with Gasteiger partial charge in [-0.2, -0.15) is 13.7 Å². The van der Waals surface area contributed by atoms with E-state index in [1.165, 1.54) is 56.7 Å². The third-order valence-corrected chi connectivity index (χ3v) is 4.27. The monoisotopic (exact) mass is 347 g/mol. The van der Waals surface area contributed by atoms with Gasteiger partial charge in [-0.3, -0.25) is 0 Å². The van der Waals surface area contributed by atoms with Crippen molar-refractivity contribution in [2.24, 2.45) is 0 Å². The van der Waals surface area contributed by atoms with Crippen LogP contribution in [0.4, 0.5) is 0 Å². The van der Waals surface area contributed by atoms with Gasteiger partial charge in [0.1, 0.15) is 4.90 Å². The Kier molecular flexibility index (Phi) is 5.06. The van der Waals surface area contributed by atoms with Crippen LogP contribution in [-0.4, -0.2) is 28.6 Å². The van der Waals surface area contributed by atoms with Crippen molar-refractivity contribution >= 4 is 16.1 Å². The van der Waals surface area contributed by atoms with Crippen molar-refractivity contribution in [1.29, 1.82) is 5.26 Å². The van der Waals surface area contributed by atoms with Gasteiger partial charge < -0.3 is 13.7 Å². The molecule has 2 aromatic carbocycles. The summed E-state index contributed by atoms with van der Waals surface area (Å²) in [4.78, 5) is 11.3. The number of esters is 1. The molecule has 7 nitrogen and oxygen atoms in total. The number of methoxy groups -OCH3 is 2. The number of hydrogen-bond donors (Lipinski definition) is 0. The molecule has 2 aromatic rings. The van der Waals surface area contributed by atoms with Crippen molar-refractivity contribution in [2.75, 3.05) is 14.2 Å². The molecule has 0 atom stereocenters. The summed E-state index contributed by atoms with van der Waals surface area (Å²) >= 11 is 0. The van der Waals surface area contributed by atoms with Crippen LogP contribution in [0.5, 0.6) is 11.5 Å². The third kappa shape index (κ3) is 3.64. The average Bonchev–Trinajstić information content (AvgIpc) is 2.61. The van der Waals surface area contributed by atoms with E-state index in [2.05, 4.69) is 4.74 Å². The summed E-state index contributed by atoms with van der Waals surface area (Å²) in [7, 11) is -1.62. The van der Waals surface area contributed by atoms with Crippen molar-refractivity contribution < 1.29 is 26.9 Å². The van der Waals surface area contributed by atoms with E-state index in [1.807, 2.05) is 6.07 Å². The summed E-state index contributed by atoms with van der Waals surface area (Å²) in [5.41, 5.74) is 0.373. The molecule has 0 aliphatic heterocycles. The Morgan fingerprint density at radius 3 is 2.46 bits per heavy atom. The van der Waals surface area contributed by atoms with Gasteiger partial charge >= 0.3 is 16.1 Å². The molecule has 0 aliphatic carbocycles. The molecule has 0 saturated heterocycles. The number of ether oxygens (including phenoxy) is 2. The molecule has 0 aliphatic rings. The maximum absolute atomic E-state index is 12.3. The fourth-order valence-electron chi connectivity index (χ4n) is 1.87. The van der Waals surface area contributed by atoms with E-state index >= 15 is 0 Å². The van der Waals surface area contributed by atoms with E-state index in [9.17, 15) is 13.2 Å². The predicted molar refractivity (Wildman–Crippen MR) is 83.3 cm³/mol. The second kappa shape index (κ2) is 7.02. The van der Waals surface area contributed by atoms with Crippen LogP contribution in [0.3, 0.4) is 0 Å².